The molecule has 0 saturated heterocycles. The maximum absolute atomic E-state index is 13.0. The van der Waals surface area contributed by atoms with Crippen LogP contribution in [0.5, 0.6) is 17.2 Å². The van der Waals surface area contributed by atoms with Crippen LogP contribution in [-0.4, -0.2) is 41.1 Å². The van der Waals surface area contributed by atoms with Crippen LogP contribution in [0.3, 0.4) is 0 Å². The SMILES string of the molecule is COc1cc2c(=O)n(Cc3cc(C4CC4)n[nH]3)cnc2c(OC)c1OC. The molecule has 0 bridgehead atoms. The van der Waals surface area contributed by atoms with Gasteiger partial charge in [0.1, 0.15) is 5.52 Å². The van der Waals surface area contributed by atoms with Crippen molar-refractivity contribution in [2.75, 3.05) is 21.3 Å². The molecule has 1 saturated carbocycles. The van der Waals surface area contributed by atoms with Gasteiger partial charge in [0.15, 0.2) is 11.5 Å². The molecule has 3 aromatic rings. The molecule has 2 heterocycles. The van der Waals surface area contributed by atoms with Gasteiger partial charge >= 0.3 is 0 Å². The third-order valence-electron chi connectivity index (χ3n) is 4.61. The summed E-state index contributed by atoms with van der Waals surface area (Å²) in [4.78, 5) is 17.4. The van der Waals surface area contributed by atoms with Gasteiger partial charge in [-0.1, -0.05) is 0 Å². The van der Waals surface area contributed by atoms with Crippen molar-refractivity contribution in [2.24, 2.45) is 0 Å². The standard InChI is InChI=1S/C18H20N4O4/c1-24-14-7-12-15(17(26-3)16(14)25-2)19-9-22(18(12)23)8-11-6-13(21-20-11)10-4-5-10/h6-7,9-10H,4-5,8H2,1-3H3,(H,20,21). The Morgan fingerprint density at radius 2 is 1.92 bits per heavy atom. The zero-order chi connectivity index (χ0) is 18.3. The molecule has 0 unspecified atom stereocenters. The highest BCUT2D eigenvalue weighted by atomic mass is 16.5. The van der Waals surface area contributed by atoms with Crippen LogP contribution in [-0.2, 0) is 6.54 Å². The Balaban J connectivity index is 1.79. The molecule has 1 aliphatic carbocycles. The molecule has 2 aromatic heterocycles. The van der Waals surface area contributed by atoms with Crippen molar-refractivity contribution in [3.8, 4) is 17.2 Å². The van der Waals surface area contributed by atoms with Crippen molar-refractivity contribution in [1.29, 1.82) is 0 Å². The van der Waals surface area contributed by atoms with E-state index < -0.39 is 0 Å². The van der Waals surface area contributed by atoms with Crippen molar-refractivity contribution in [2.45, 2.75) is 25.3 Å². The van der Waals surface area contributed by atoms with Gasteiger partial charge in [-0.2, -0.15) is 5.10 Å². The predicted octanol–water partition coefficient (Wildman–Crippen LogP) is 2.07. The highest BCUT2D eigenvalue weighted by molar-refractivity contribution is 5.89. The van der Waals surface area contributed by atoms with Crippen LogP contribution < -0.4 is 19.8 Å². The van der Waals surface area contributed by atoms with Crippen LogP contribution in [0.1, 0.15) is 30.1 Å². The fourth-order valence-corrected chi connectivity index (χ4v) is 3.11. The Hall–Kier alpha value is -3.03. The molecule has 8 heteroatoms. The fourth-order valence-electron chi connectivity index (χ4n) is 3.11. The number of nitrogens with zero attached hydrogens (tertiary/aromatic N) is 3. The van der Waals surface area contributed by atoms with Crippen molar-refractivity contribution >= 4 is 10.9 Å². The number of hydrogen-bond donors (Lipinski definition) is 1. The van der Waals surface area contributed by atoms with Gasteiger partial charge in [0.05, 0.1) is 51.0 Å². The molecule has 8 nitrogen and oxygen atoms in total. The summed E-state index contributed by atoms with van der Waals surface area (Å²) in [6, 6.07) is 3.65. The molecular weight excluding hydrogens is 336 g/mol. The lowest BCUT2D eigenvalue weighted by Gasteiger charge is -2.14. The molecule has 0 amide bonds. The van der Waals surface area contributed by atoms with Gasteiger partial charge in [0.25, 0.3) is 5.56 Å². The summed E-state index contributed by atoms with van der Waals surface area (Å²) in [5.74, 6) is 1.77. The number of hydrogen-bond acceptors (Lipinski definition) is 6. The second-order valence-corrected chi connectivity index (χ2v) is 6.31. The van der Waals surface area contributed by atoms with E-state index >= 15 is 0 Å². The van der Waals surface area contributed by atoms with Crippen LogP contribution in [0.15, 0.2) is 23.3 Å². The first-order chi connectivity index (χ1) is 12.7. The number of ether oxygens (including phenoxy) is 3. The summed E-state index contributed by atoms with van der Waals surface area (Å²) in [5.41, 5.74) is 2.20. The van der Waals surface area contributed by atoms with Crippen LogP contribution in [0.2, 0.25) is 0 Å². The quantitative estimate of drug-likeness (QED) is 0.727. The number of aromatic nitrogens is 4. The topological polar surface area (TPSA) is 91.3 Å². The Morgan fingerprint density at radius 3 is 2.58 bits per heavy atom. The summed E-state index contributed by atoms with van der Waals surface area (Å²) in [5, 5.41) is 7.74. The number of H-pyrrole nitrogens is 1. The van der Waals surface area contributed by atoms with Gasteiger partial charge in [0, 0.05) is 5.92 Å². The lowest BCUT2D eigenvalue weighted by atomic mass is 10.2. The van der Waals surface area contributed by atoms with E-state index in [1.54, 1.807) is 6.07 Å². The molecule has 136 valence electrons. The van der Waals surface area contributed by atoms with Crippen LogP contribution in [0.4, 0.5) is 0 Å². The molecule has 4 rings (SSSR count). The van der Waals surface area contributed by atoms with Gasteiger partial charge in [-0.15, -0.1) is 0 Å². The van der Waals surface area contributed by atoms with Gasteiger partial charge in [-0.05, 0) is 25.0 Å². The van der Waals surface area contributed by atoms with Gasteiger partial charge in [-0.3, -0.25) is 14.5 Å². The van der Waals surface area contributed by atoms with Crippen LogP contribution in [0, 0.1) is 0 Å². The summed E-state index contributed by atoms with van der Waals surface area (Å²) < 4.78 is 17.6. The molecule has 0 atom stereocenters. The van der Waals surface area contributed by atoms with E-state index in [1.807, 2.05) is 6.07 Å². The number of benzene rings is 1. The first-order valence-corrected chi connectivity index (χ1v) is 8.38. The first kappa shape index (κ1) is 16.4. The van der Waals surface area contributed by atoms with E-state index in [0.29, 0.717) is 40.6 Å². The minimum absolute atomic E-state index is 0.183. The molecule has 0 radical (unpaired) electrons. The van der Waals surface area contributed by atoms with E-state index in [2.05, 4.69) is 15.2 Å². The Bertz CT molecular complexity index is 1020. The third-order valence-corrected chi connectivity index (χ3v) is 4.61. The largest absolute Gasteiger partial charge is 0.493 e. The van der Waals surface area contributed by atoms with E-state index in [4.69, 9.17) is 14.2 Å². The second kappa shape index (κ2) is 6.36. The van der Waals surface area contributed by atoms with Crippen LogP contribution >= 0.6 is 0 Å². The maximum atomic E-state index is 13.0. The minimum atomic E-state index is -0.183. The lowest BCUT2D eigenvalue weighted by molar-refractivity contribution is 0.326. The number of aromatic amines is 1. The van der Waals surface area contributed by atoms with Gasteiger partial charge < -0.3 is 14.2 Å². The summed E-state index contributed by atoms with van der Waals surface area (Å²) in [6.45, 7) is 0.373. The molecule has 26 heavy (non-hydrogen) atoms. The Morgan fingerprint density at radius 1 is 1.15 bits per heavy atom. The molecule has 1 aliphatic rings. The summed E-state index contributed by atoms with van der Waals surface area (Å²) in [6.07, 6.45) is 3.88. The number of fused-ring (bicyclic) bond motifs is 1. The number of rotatable bonds is 6. The monoisotopic (exact) mass is 356 g/mol. The molecular formula is C18H20N4O4. The molecule has 0 aliphatic heterocycles. The van der Waals surface area contributed by atoms with Crippen molar-refractivity contribution in [3.63, 3.8) is 0 Å². The zero-order valence-corrected chi connectivity index (χ0v) is 14.9. The number of methoxy groups -OCH3 is 3. The highest BCUT2D eigenvalue weighted by Gasteiger charge is 2.26. The predicted molar refractivity (Wildman–Crippen MR) is 95.3 cm³/mol. The average Bonchev–Trinajstić information content (AvgIpc) is 3.41. The molecule has 1 N–H and O–H groups in total. The number of nitrogens with one attached hydrogen (secondary N) is 1. The Labute approximate surface area is 149 Å². The average molecular weight is 356 g/mol. The summed E-state index contributed by atoms with van der Waals surface area (Å²) >= 11 is 0. The minimum Gasteiger partial charge on any atom is -0.493 e. The first-order valence-electron chi connectivity index (χ1n) is 8.38. The molecule has 1 aromatic carbocycles. The smallest absolute Gasteiger partial charge is 0.261 e. The van der Waals surface area contributed by atoms with Crippen molar-refractivity contribution in [3.05, 3.63) is 40.2 Å². The van der Waals surface area contributed by atoms with Crippen LogP contribution in [0.25, 0.3) is 10.9 Å². The second-order valence-electron chi connectivity index (χ2n) is 6.31. The van der Waals surface area contributed by atoms with Crippen molar-refractivity contribution in [1.82, 2.24) is 19.7 Å². The third kappa shape index (κ3) is 2.67. The van der Waals surface area contributed by atoms with E-state index in [9.17, 15) is 4.79 Å². The molecule has 0 spiro atoms. The normalized spacial score (nSPS) is 13.8. The maximum Gasteiger partial charge on any atom is 0.261 e. The van der Waals surface area contributed by atoms with E-state index in [1.165, 1.54) is 45.1 Å². The lowest BCUT2D eigenvalue weighted by Crippen LogP contribution is -2.21. The van der Waals surface area contributed by atoms with E-state index in [-0.39, 0.29) is 5.56 Å². The summed E-state index contributed by atoms with van der Waals surface area (Å²) in [7, 11) is 4.54. The van der Waals surface area contributed by atoms with Gasteiger partial charge in [0.2, 0.25) is 5.75 Å². The zero-order valence-electron chi connectivity index (χ0n) is 14.9. The van der Waals surface area contributed by atoms with Gasteiger partial charge in [-0.25, -0.2) is 4.98 Å². The highest BCUT2D eigenvalue weighted by Crippen LogP contribution is 2.41. The Kier molecular flexibility index (Phi) is 4.02. The molecule has 1 fully saturated rings. The fraction of sp³-hybridized carbons (Fsp3) is 0.389. The van der Waals surface area contributed by atoms with E-state index in [0.717, 1.165) is 11.4 Å². The van der Waals surface area contributed by atoms with Crippen molar-refractivity contribution < 1.29 is 14.2 Å².